The minimum Gasteiger partial charge on any atom is -0.395 e. The Morgan fingerprint density at radius 3 is 2.69 bits per heavy atom. The first-order valence-corrected chi connectivity index (χ1v) is 6.21. The summed E-state index contributed by atoms with van der Waals surface area (Å²) < 4.78 is 5.76. The second-order valence-corrected chi connectivity index (χ2v) is 5.05. The van der Waals surface area contributed by atoms with Crippen LogP contribution >= 0.6 is 0 Å². The van der Waals surface area contributed by atoms with Crippen molar-refractivity contribution < 1.29 is 9.84 Å². The van der Waals surface area contributed by atoms with Crippen molar-refractivity contribution in [3.8, 4) is 0 Å². The van der Waals surface area contributed by atoms with Gasteiger partial charge in [0, 0.05) is 31.7 Å². The highest BCUT2D eigenvalue weighted by Gasteiger charge is 2.24. The Balaban J connectivity index is 2.36. The maximum atomic E-state index is 9.08. The van der Waals surface area contributed by atoms with Crippen LogP contribution in [0.15, 0.2) is 0 Å². The van der Waals surface area contributed by atoms with E-state index in [1.807, 2.05) is 14.0 Å². The molecule has 4 nitrogen and oxygen atoms in total. The first kappa shape index (κ1) is 13.9. The summed E-state index contributed by atoms with van der Waals surface area (Å²) in [5, 5.41) is 9.08. The number of likely N-dealkylation sites (N-methyl/N-ethyl adjacent to an activating group) is 1. The fraction of sp³-hybridized carbons (Fsp3) is 1.00. The fourth-order valence-electron chi connectivity index (χ4n) is 1.96. The van der Waals surface area contributed by atoms with E-state index in [1.165, 1.54) is 0 Å². The molecule has 16 heavy (non-hydrogen) atoms. The van der Waals surface area contributed by atoms with E-state index in [1.54, 1.807) is 0 Å². The lowest BCUT2D eigenvalue weighted by Gasteiger charge is -2.37. The molecule has 96 valence electrons. The Labute approximate surface area is 99.2 Å². The maximum Gasteiger partial charge on any atom is 0.0829 e. The molecule has 0 radical (unpaired) electrons. The van der Waals surface area contributed by atoms with E-state index in [0.717, 1.165) is 26.2 Å². The zero-order valence-corrected chi connectivity index (χ0v) is 11.0. The quantitative estimate of drug-likeness (QED) is 0.742. The topological polar surface area (TPSA) is 35.9 Å². The van der Waals surface area contributed by atoms with Gasteiger partial charge in [0.2, 0.25) is 0 Å². The van der Waals surface area contributed by atoms with Gasteiger partial charge in [-0.15, -0.1) is 0 Å². The summed E-state index contributed by atoms with van der Waals surface area (Å²) in [5.74, 6) is 0. The number of hydrogen-bond donors (Lipinski definition) is 1. The minimum absolute atomic E-state index is 0.205. The van der Waals surface area contributed by atoms with Gasteiger partial charge in [-0.25, -0.2) is 0 Å². The van der Waals surface area contributed by atoms with Crippen molar-refractivity contribution in [3.05, 3.63) is 0 Å². The van der Waals surface area contributed by atoms with Crippen molar-refractivity contribution in [1.29, 1.82) is 0 Å². The van der Waals surface area contributed by atoms with Crippen LogP contribution in [0.25, 0.3) is 0 Å². The molecule has 0 saturated carbocycles. The van der Waals surface area contributed by atoms with Gasteiger partial charge in [0.25, 0.3) is 0 Å². The van der Waals surface area contributed by atoms with Crippen LogP contribution in [0.1, 0.15) is 20.8 Å². The zero-order chi connectivity index (χ0) is 12.1. The molecule has 1 saturated heterocycles. The van der Waals surface area contributed by atoms with Crippen molar-refractivity contribution in [2.24, 2.45) is 0 Å². The lowest BCUT2D eigenvalue weighted by molar-refractivity contribution is -0.0547. The van der Waals surface area contributed by atoms with Crippen molar-refractivity contribution in [1.82, 2.24) is 9.80 Å². The molecule has 2 unspecified atom stereocenters. The Hall–Kier alpha value is -0.160. The van der Waals surface area contributed by atoms with E-state index in [2.05, 4.69) is 23.6 Å². The molecule has 0 bridgehead atoms. The molecule has 0 aromatic rings. The number of nitrogens with zero attached hydrogens (tertiary/aromatic N) is 2. The summed E-state index contributed by atoms with van der Waals surface area (Å²) in [4.78, 5) is 4.61. The van der Waals surface area contributed by atoms with E-state index in [4.69, 9.17) is 9.84 Å². The highest BCUT2D eigenvalue weighted by molar-refractivity contribution is 4.77. The monoisotopic (exact) mass is 230 g/mol. The molecule has 1 N–H and O–H groups in total. The fourth-order valence-corrected chi connectivity index (χ4v) is 1.96. The maximum absolute atomic E-state index is 9.08. The molecule has 1 heterocycles. The van der Waals surface area contributed by atoms with Crippen LogP contribution < -0.4 is 0 Å². The van der Waals surface area contributed by atoms with Gasteiger partial charge in [0.1, 0.15) is 0 Å². The standard InChI is InChI=1S/C12H26N2O2/c1-10(2)14-5-6-16-12(8-14)7-13(4)11(3)9-15/h10-12,15H,5-9H2,1-4H3. The highest BCUT2D eigenvalue weighted by Crippen LogP contribution is 2.10. The summed E-state index contributed by atoms with van der Waals surface area (Å²) >= 11 is 0. The Morgan fingerprint density at radius 2 is 2.12 bits per heavy atom. The Kier molecular flexibility index (Phi) is 5.69. The molecule has 1 rings (SSSR count). The molecule has 1 aliphatic rings. The van der Waals surface area contributed by atoms with Gasteiger partial charge in [0.15, 0.2) is 0 Å². The number of aliphatic hydroxyl groups excluding tert-OH is 1. The van der Waals surface area contributed by atoms with Crippen LogP contribution in [0.2, 0.25) is 0 Å². The van der Waals surface area contributed by atoms with Gasteiger partial charge in [-0.3, -0.25) is 9.80 Å². The molecule has 4 heteroatoms. The molecule has 0 aliphatic carbocycles. The third-order valence-corrected chi connectivity index (χ3v) is 3.41. The van der Waals surface area contributed by atoms with E-state index in [-0.39, 0.29) is 18.8 Å². The molecule has 0 spiro atoms. The van der Waals surface area contributed by atoms with Crippen LogP contribution in [-0.2, 0) is 4.74 Å². The average molecular weight is 230 g/mol. The Morgan fingerprint density at radius 1 is 1.44 bits per heavy atom. The van der Waals surface area contributed by atoms with Crippen LogP contribution in [0.5, 0.6) is 0 Å². The molecule has 1 aliphatic heterocycles. The van der Waals surface area contributed by atoms with Crippen molar-refractivity contribution in [2.45, 2.75) is 39.0 Å². The van der Waals surface area contributed by atoms with Crippen molar-refractivity contribution in [3.63, 3.8) is 0 Å². The normalized spacial score (nSPS) is 25.3. The number of aliphatic hydroxyl groups is 1. The van der Waals surface area contributed by atoms with Crippen LogP contribution in [0.3, 0.4) is 0 Å². The third-order valence-electron chi connectivity index (χ3n) is 3.41. The summed E-state index contributed by atoms with van der Waals surface area (Å²) in [6.07, 6.45) is 0.273. The Bertz CT molecular complexity index is 199. The molecule has 0 aromatic carbocycles. The second-order valence-electron chi connectivity index (χ2n) is 5.05. The summed E-state index contributed by atoms with van der Waals surface area (Å²) in [6.45, 7) is 10.4. The molecule has 1 fully saturated rings. The number of ether oxygens (including phenoxy) is 1. The van der Waals surface area contributed by atoms with Gasteiger partial charge in [-0.05, 0) is 27.8 Å². The van der Waals surface area contributed by atoms with Crippen molar-refractivity contribution >= 4 is 0 Å². The molecular weight excluding hydrogens is 204 g/mol. The number of morpholine rings is 1. The predicted molar refractivity (Wildman–Crippen MR) is 65.6 cm³/mol. The summed E-state index contributed by atoms with van der Waals surface area (Å²) in [5.41, 5.74) is 0. The first-order valence-electron chi connectivity index (χ1n) is 6.21. The van der Waals surface area contributed by atoms with Gasteiger partial charge in [-0.2, -0.15) is 0 Å². The van der Waals surface area contributed by atoms with Gasteiger partial charge in [0.05, 0.1) is 19.3 Å². The first-order chi connectivity index (χ1) is 7.54. The van der Waals surface area contributed by atoms with E-state index in [0.29, 0.717) is 6.04 Å². The number of rotatable bonds is 5. The van der Waals surface area contributed by atoms with Gasteiger partial charge in [-0.1, -0.05) is 0 Å². The lowest BCUT2D eigenvalue weighted by atomic mass is 10.2. The molecular formula is C12H26N2O2. The van der Waals surface area contributed by atoms with Crippen molar-refractivity contribution in [2.75, 3.05) is 39.9 Å². The van der Waals surface area contributed by atoms with Crippen LogP contribution in [0.4, 0.5) is 0 Å². The smallest absolute Gasteiger partial charge is 0.0829 e. The summed E-state index contributed by atoms with van der Waals surface area (Å²) in [6, 6.07) is 0.796. The van der Waals surface area contributed by atoms with E-state index < -0.39 is 0 Å². The molecule has 0 aromatic heterocycles. The SMILES string of the molecule is CC(CO)N(C)CC1CN(C(C)C)CCO1. The minimum atomic E-state index is 0.205. The molecule has 2 atom stereocenters. The third kappa shape index (κ3) is 4.01. The van der Waals surface area contributed by atoms with E-state index in [9.17, 15) is 0 Å². The van der Waals surface area contributed by atoms with Gasteiger partial charge >= 0.3 is 0 Å². The van der Waals surface area contributed by atoms with Crippen LogP contribution in [0, 0.1) is 0 Å². The molecule has 0 amide bonds. The van der Waals surface area contributed by atoms with Gasteiger partial charge < -0.3 is 9.84 Å². The second kappa shape index (κ2) is 6.55. The largest absolute Gasteiger partial charge is 0.395 e. The average Bonchev–Trinajstić information content (AvgIpc) is 2.28. The van der Waals surface area contributed by atoms with E-state index >= 15 is 0 Å². The highest BCUT2D eigenvalue weighted by atomic mass is 16.5. The predicted octanol–water partition coefficient (Wildman–Crippen LogP) is 0.408. The summed E-state index contributed by atoms with van der Waals surface area (Å²) in [7, 11) is 2.04. The lowest BCUT2D eigenvalue weighted by Crippen LogP contribution is -2.50. The van der Waals surface area contributed by atoms with Crippen LogP contribution in [-0.4, -0.2) is 73.0 Å². The number of hydrogen-bond acceptors (Lipinski definition) is 4. The zero-order valence-electron chi connectivity index (χ0n) is 11.0.